The number of thiazole rings is 1. The van der Waals surface area contributed by atoms with Crippen LogP contribution in [0, 0.1) is 0 Å². The fraction of sp³-hybridized carbons (Fsp3) is 0. The molecule has 1 aromatic carbocycles. The van der Waals surface area contributed by atoms with Crippen LogP contribution in [0.15, 0.2) is 36.0 Å². The number of hydrogen-bond acceptors (Lipinski definition) is 3. The van der Waals surface area contributed by atoms with E-state index in [4.69, 9.17) is 5.11 Å². The predicted octanol–water partition coefficient (Wildman–Crippen LogP) is 2.99. The van der Waals surface area contributed by atoms with E-state index in [0.717, 1.165) is 16.5 Å². The molecule has 5 heteroatoms. The molecule has 0 saturated carbocycles. The number of rotatable bonds is 2. The topological polar surface area (TPSA) is 66.0 Å². The van der Waals surface area contributed by atoms with Crippen LogP contribution in [0.2, 0.25) is 0 Å². The molecule has 0 spiro atoms. The van der Waals surface area contributed by atoms with Gasteiger partial charge in [-0.15, -0.1) is 11.3 Å². The second-order valence-corrected chi connectivity index (χ2v) is 4.44. The molecule has 3 aromatic rings. The maximum Gasteiger partial charge on any atom is 0.356 e. The van der Waals surface area contributed by atoms with Crippen LogP contribution in [-0.4, -0.2) is 21.0 Å². The van der Waals surface area contributed by atoms with Crippen molar-refractivity contribution in [3.05, 3.63) is 41.7 Å². The van der Waals surface area contributed by atoms with Gasteiger partial charge in [-0.1, -0.05) is 18.2 Å². The molecule has 2 aromatic heterocycles. The first-order valence-electron chi connectivity index (χ1n) is 5.00. The molecule has 0 aliphatic heterocycles. The number of benzene rings is 1. The third-order valence-corrected chi connectivity index (χ3v) is 3.46. The molecule has 0 saturated heterocycles. The number of aromatic nitrogens is 2. The van der Waals surface area contributed by atoms with Gasteiger partial charge in [-0.2, -0.15) is 0 Å². The van der Waals surface area contributed by atoms with Crippen molar-refractivity contribution in [1.29, 1.82) is 0 Å². The fourth-order valence-electron chi connectivity index (χ4n) is 1.85. The Morgan fingerprint density at radius 2 is 2.18 bits per heavy atom. The lowest BCUT2D eigenvalue weighted by molar-refractivity contribution is 0.0692. The Hall–Kier alpha value is -2.14. The number of aromatic carboxylic acids is 1. The molecule has 0 atom stereocenters. The standard InChI is InChI=1S/C12H8N2O2S/c15-12(16)10-11(17-6-14-10)8-5-13-9-4-2-1-3-7(8)9/h1-6,13H,(H,15,16). The average Bonchev–Trinajstić information content (AvgIpc) is 2.94. The molecule has 0 unspecified atom stereocenters. The molecule has 0 bridgehead atoms. The number of nitrogens with one attached hydrogen (secondary N) is 1. The van der Waals surface area contributed by atoms with Gasteiger partial charge in [0.2, 0.25) is 0 Å². The molecule has 17 heavy (non-hydrogen) atoms. The molecule has 84 valence electrons. The minimum atomic E-state index is -0.994. The van der Waals surface area contributed by atoms with E-state index in [1.807, 2.05) is 30.5 Å². The zero-order valence-corrected chi connectivity index (χ0v) is 9.49. The normalized spacial score (nSPS) is 10.8. The number of fused-ring (bicyclic) bond motifs is 1. The van der Waals surface area contributed by atoms with Crippen molar-refractivity contribution in [3.8, 4) is 10.4 Å². The largest absolute Gasteiger partial charge is 0.476 e. The third-order valence-electron chi connectivity index (χ3n) is 2.60. The van der Waals surface area contributed by atoms with Gasteiger partial charge in [0.1, 0.15) is 0 Å². The summed E-state index contributed by atoms with van der Waals surface area (Å²) in [5.74, 6) is -0.994. The van der Waals surface area contributed by atoms with Gasteiger partial charge >= 0.3 is 5.97 Å². The Labute approximate surface area is 101 Å². The number of hydrogen-bond donors (Lipinski definition) is 2. The molecule has 0 aliphatic rings. The van der Waals surface area contributed by atoms with E-state index in [0.29, 0.717) is 4.88 Å². The van der Waals surface area contributed by atoms with Crippen LogP contribution in [0.5, 0.6) is 0 Å². The van der Waals surface area contributed by atoms with Crippen molar-refractivity contribution >= 4 is 28.2 Å². The highest BCUT2D eigenvalue weighted by molar-refractivity contribution is 7.13. The summed E-state index contributed by atoms with van der Waals surface area (Å²) in [5.41, 5.74) is 3.55. The van der Waals surface area contributed by atoms with Gasteiger partial charge in [0, 0.05) is 22.7 Å². The highest BCUT2D eigenvalue weighted by Gasteiger charge is 2.17. The van der Waals surface area contributed by atoms with Gasteiger partial charge < -0.3 is 10.1 Å². The van der Waals surface area contributed by atoms with E-state index < -0.39 is 5.97 Å². The molecule has 0 fully saturated rings. The minimum absolute atomic E-state index is 0.111. The fourth-order valence-corrected chi connectivity index (χ4v) is 2.66. The SMILES string of the molecule is O=C(O)c1ncsc1-c1c[nH]c2ccccc12. The Morgan fingerprint density at radius 1 is 1.35 bits per heavy atom. The number of para-hydroxylation sites is 1. The van der Waals surface area contributed by atoms with Gasteiger partial charge in [-0.3, -0.25) is 0 Å². The van der Waals surface area contributed by atoms with Crippen LogP contribution in [0.25, 0.3) is 21.3 Å². The average molecular weight is 244 g/mol. The van der Waals surface area contributed by atoms with Crippen LogP contribution in [0.3, 0.4) is 0 Å². The summed E-state index contributed by atoms with van der Waals surface area (Å²) in [7, 11) is 0. The summed E-state index contributed by atoms with van der Waals surface area (Å²) in [6.45, 7) is 0. The van der Waals surface area contributed by atoms with Crippen LogP contribution >= 0.6 is 11.3 Å². The smallest absolute Gasteiger partial charge is 0.356 e. The summed E-state index contributed by atoms with van der Waals surface area (Å²) in [6.07, 6.45) is 1.82. The van der Waals surface area contributed by atoms with E-state index in [-0.39, 0.29) is 5.69 Å². The van der Waals surface area contributed by atoms with Crippen molar-refractivity contribution < 1.29 is 9.90 Å². The van der Waals surface area contributed by atoms with E-state index in [9.17, 15) is 4.79 Å². The molecule has 4 nitrogen and oxygen atoms in total. The Kier molecular flexibility index (Phi) is 2.19. The maximum absolute atomic E-state index is 11.0. The lowest BCUT2D eigenvalue weighted by atomic mass is 10.1. The summed E-state index contributed by atoms with van der Waals surface area (Å²) >= 11 is 1.34. The highest BCUT2D eigenvalue weighted by Crippen LogP contribution is 2.33. The lowest BCUT2D eigenvalue weighted by Gasteiger charge is -1.96. The van der Waals surface area contributed by atoms with Gasteiger partial charge in [0.25, 0.3) is 0 Å². The molecule has 0 radical (unpaired) electrons. The first-order valence-corrected chi connectivity index (χ1v) is 5.88. The highest BCUT2D eigenvalue weighted by atomic mass is 32.1. The first-order chi connectivity index (χ1) is 8.27. The molecule has 2 N–H and O–H groups in total. The van der Waals surface area contributed by atoms with E-state index in [1.165, 1.54) is 11.3 Å². The zero-order chi connectivity index (χ0) is 11.8. The van der Waals surface area contributed by atoms with E-state index in [1.54, 1.807) is 5.51 Å². The number of H-pyrrole nitrogens is 1. The molecule has 2 heterocycles. The van der Waals surface area contributed by atoms with Crippen molar-refractivity contribution in [1.82, 2.24) is 9.97 Å². The summed E-state index contributed by atoms with van der Waals surface area (Å²) in [6, 6.07) is 7.79. The number of aromatic amines is 1. The van der Waals surface area contributed by atoms with Crippen LogP contribution in [0.1, 0.15) is 10.5 Å². The number of carboxylic acid groups (broad SMARTS) is 1. The summed E-state index contributed by atoms with van der Waals surface area (Å²) in [5, 5.41) is 10.1. The molecular weight excluding hydrogens is 236 g/mol. The molecule has 0 aliphatic carbocycles. The Balaban J connectivity index is 2.28. The Bertz CT molecular complexity index is 699. The van der Waals surface area contributed by atoms with Crippen LogP contribution < -0.4 is 0 Å². The second kappa shape index (κ2) is 3.71. The predicted molar refractivity (Wildman–Crippen MR) is 66.4 cm³/mol. The van der Waals surface area contributed by atoms with Crippen molar-refractivity contribution in [2.75, 3.05) is 0 Å². The second-order valence-electron chi connectivity index (χ2n) is 3.58. The van der Waals surface area contributed by atoms with Crippen molar-refractivity contribution in [2.24, 2.45) is 0 Å². The quantitative estimate of drug-likeness (QED) is 0.728. The first kappa shape index (κ1) is 10.0. The monoisotopic (exact) mass is 244 g/mol. The third kappa shape index (κ3) is 1.52. The maximum atomic E-state index is 11.0. The lowest BCUT2D eigenvalue weighted by Crippen LogP contribution is -1.97. The van der Waals surface area contributed by atoms with Crippen molar-refractivity contribution in [3.63, 3.8) is 0 Å². The van der Waals surface area contributed by atoms with Gasteiger partial charge in [-0.05, 0) is 6.07 Å². The molecular formula is C12H8N2O2S. The van der Waals surface area contributed by atoms with Gasteiger partial charge in [0.05, 0.1) is 10.4 Å². The number of nitrogens with zero attached hydrogens (tertiary/aromatic N) is 1. The van der Waals surface area contributed by atoms with Crippen LogP contribution in [-0.2, 0) is 0 Å². The number of carboxylic acids is 1. The zero-order valence-electron chi connectivity index (χ0n) is 8.68. The molecule has 0 amide bonds. The van der Waals surface area contributed by atoms with E-state index in [2.05, 4.69) is 9.97 Å². The van der Waals surface area contributed by atoms with Crippen LogP contribution in [0.4, 0.5) is 0 Å². The Morgan fingerprint density at radius 3 is 3.00 bits per heavy atom. The number of carbonyl (C=O) groups is 1. The van der Waals surface area contributed by atoms with E-state index >= 15 is 0 Å². The molecule has 3 rings (SSSR count). The minimum Gasteiger partial charge on any atom is -0.476 e. The van der Waals surface area contributed by atoms with Crippen molar-refractivity contribution in [2.45, 2.75) is 0 Å². The summed E-state index contributed by atoms with van der Waals surface area (Å²) < 4.78 is 0. The summed E-state index contributed by atoms with van der Waals surface area (Å²) in [4.78, 5) is 18.7. The van der Waals surface area contributed by atoms with Gasteiger partial charge in [0.15, 0.2) is 5.69 Å². The van der Waals surface area contributed by atoms with Gasteiger partial charge in [-0.25, -0.2) is 9.78 Å².